The average Bonchev–Trinajstić information content (AvgIpc) is 2.62. The number of Topliss-reactive ketones (excluding diaryl/α,β-unsaturated/α-hetero) is 1. The number of fused-ring (bicyclic) bond motifs is 1. The largest absolute Gasteiger partial charge is 0.479 e. The van der Waals surface area contributed by atoms with Crippen molar-refractivity contribution in [3.05, 3.63) is 23.8 Å². The Hall–Kier alpha value is -2.41. The van der Waals surface area contributed by atoms with Crippen LogP contribution in [0.3, 0.4) is 0 Å². The number of ketones is 1. The molecule has 3 N–H and O–H groups in total. The van der Waals surface area contributed by atoms with Crippen LogP contribution in [0, 0.1) is 5.92 Å². The minimum atomic E-state index is -0.538. The molecule has 1 aromatic carbocycles. The lowest BCUT2D eigenvalue weighted by molar-refractivity contribution is -0.132. The number of hydrogen-bond acceptors (Lipinski definition) is 5. The van der Waals surface area contributed by atoms with Crippen LogP contribution in [0.2, 0.25) is 0 Å². The van der Waals surface area contributed by atoms with Crippen molar-refractivity contribution in [2.24, 2.45) is 11.7 Å². The lowest BCUT2D eigenvalue weighted by Crippen LogP contribution is -2.41. The molecule has 2 aliphatic heterocycles. The summed E-state index contributed by atoms with van der Waals surface area (Å²) >= 11 is 0. The molecule has 1 fully saturated rings. The Morgan fingerprint density at radius 2 is 2.04 bits per heavy atom. The summed E-state index contributed by atoms with van der Waals surface area (Å²) in [6, 6.07) is 5.13. The van der Waals surface area contributed by atoms with Crippen LogP contribution in [0.4, 0.5) is 5.69 Å². The van der Waals surface area contributed by atoms with Crippen LogP contribution in [0.1, 0.15) is 36.5 Å². The maximum atomic E-state index is 12.8. The maximum absolute atomic E-state index is 12.8. The van der Waals surface area contributed by atoms with E-state index in [0.717, 1.165) is 0 Å². The quantitative estimate of drug-likeness (QED) is 0.798. The minimum absolute atomic E-state index is 0.0431. The molecule has 25 heavy (non-hydrogen) atoms. The molecule has 0 saturated carbocycles. The van der Waals surface area contributed by atoms with Crippen molar-refractivity contribution in [3.8, 4) is 5.75 Å². The summed E-state index contributed by atoms with van der Waals surface area (Å²) in [6.07, 6.45) is 1.10. The number of hydrogen-bond donors (Lipinski definition) is 2. The first-order valence-electron chi connectivity index (χ1n) is 8.63. The van der Waals surface area contributed by atoms with Gasteiger partial charge in [0.15, 0.2) is 11.9 Å². The van der Waals surface area contributed by atoms with Gasteiger partial charge in [-0.1, -0.05) is 0 Å². The van der Waals surface area contributed by atoms with E-state index in [-0.39, 0.29) is 23.5 Å². The molecule has 7 nitrogen and oxygen atoms in total. The summed E-state index contributed by atoms with van der Waals surface area (Å²) in [5, 5.41) is 2.76. The zero-order chi connectivity index (χ0) is 18.0. The van der Waals surface area contributed by atoms with Crippen LogP contribution in [-0.4, -0.2) is 48.2 Å². The molecule has 2 amide bonds. The molecule has 0 spiro atoms. The van der Waals surface area contributed by atoms with Crippen molar-refractivity contribution in [2.75, 3.05) is 25.0 Å². The maximum Gasteiger partial charge on any atom is 0.265 e. The standard InChI is InChI=1S/C18H23N3O4/c1-11-18(24)20-14-10-13(2-3-15(14)25-11)17(23)12-5-8-21(9-6-12)16(22)4-7-19/h2-3,10-12H,4-9,19H2,1H3,(H,20,24). The van der Waals surface area contributed by atoms with Crippen LogP contribution >= 0.6 is 0 Å². The van der Waals surface area contributed by atoms with E-state index in [2.05, 4.69) is 5.32 Å². The molecule has 1 atom stereocenters. The van der Waals surface area contributed by atoms with Crippen LogP contribution in [0.5, 0.6) is 5.75 Å². The van der Waals surface area contributed by atoms with Gasteiger partial charge in [-0.15, -0.1) is 0 Å². The Labute approximate surface area is 146 Å². The van der Waals surface area contributed by atoms with Gasteiger partial charge in [-0.25, -0.2) is 0 Å². The molecule has 1 saturated heterocycles. The number of benzene rings is 1. The van der Waals surface area contributed by atoms with Crippen molar-refractivity contribution >= 4 is 23.3 Å². The first kappa shape index (κ1) is 17.4. The number of amides is 2. The van der Waals surface area contributed by atoms with E-state index in [0.29, 0.717) is 55.9 Å². The second-order valence-corrected chi connectivity index (χ2v) is 6.52. The van der Waals surface area contributed by atoms with Crippen LogP contribution in [-0.2, 0) is 9.59 Å². The van der Waals surface area contributed by atoms with Crippen molar-refractivity contribution in [1.82, 2.24) is 4.90 Å². The summed E-state index contributed by atoms with van der Waals surface area (Å²) in [5.74, 6) is 0.339. The first-order chi connectivity index (χ1) is 12.0. The summed E-state index contributed by atoms with van der Waals surface area (Å²) in [5.41, 5.74) is 6.51. The van der Waals surface area contributed by atoms with Gasteiger partial charge in [0.25, 0.3) is 5.91 Å². The van der Waals surface area contributed by atoms with Crippen LogP contribution in [0.15, 0.2) is 18.2 Å². The number of ether oxygens (including phenoxy) is 1. The van der Waals surface area contributed by atoms with Crippen LogP contribution < -0.4 is 15.8 Å². The molecule has 1 aromatic rings. The molecule has 0 bridgehead atoms. The molecule has 2 heterocycles. The summed E-state index contributed by atoms with van der Waals surface area (Å²) in [4.78, 5) is 38.1. The van der Waals surface area contributed by atoms with E-state index in [1.54, 1.807) is 30.0 Å². The molecule has 0 radical (unpaired) electrons. The molecule has 3 rings (SSSR count). The number of rotatable bonds is 4. The van der Waals surface area contributed by atoms with Gasteiger partial charge in [0.2, 0.25) is 5.91 Å². The van der Waals surface area contributed by atoms with Gasteiger partial charge in [0.1, 0.15) is 5.75 Å². The van der Waals surface area contributed by atoms with Crippen molar-refractivity contribution in [2.45, 2.75) is 32.3 Å². The van der Waals surface area contributed by atoms with E-state index in [1.807, 2.05) is 0 Å². The Kier molecular flexibility index (Phi) is 5.03. The molecule has 2 aliphatic rings. The Balaban J connectivity index is 1.66. The third-order valence-corrected chi connectivity index (χ3v) is 4.77. The Morgan fingerprint density at radius 3 is 2.72 bits per heavy atom. The third kappa shape index (κ3) is 3.66. The number of likely N-dealkylation sites (tertiary alicyclic amines) is 1. The van der Waals surface area contributed by atoms with Gasteiger partial charge in [-0.2, -0.15) is 0 Å². The molecular weight excluding hydrogens is 322 g/mol. The molecule has 7 heteroatoms. The Morgan fingerprint density at radius 1 is 1.32 bits per heavy atom. The van der Waals surface area contributed by atoms with E-state index >= 15 is 0 Å². The van der Waals surface area contributed by atoms with Gasteiger partial charge in [0.05, 0.1) is 5.69 Å². The SMILES string of the molecule is CC1Oc2ccc(C(=O)C3CCN(C(=O)CCN)CC3)cc2NC1=O. The highest BCUT2D eigenvalue weighted by atomic mass is 16.5. The predicted molar refractivity (Wildman–Crippen MR) is 92.5 cm³/mol. The topological polar surface area (TPSA) is 102 Å². The van der Waals surface area contributed by atoms with Gasteiger partial charge < -0.3 is 20.7 Å². The van der Waals surface area contributed by atoms with E-state index in [1.165, 1.54) is 0 Å². The normalized spacial score (nSPS) is 20.5. The number of piperidine rings is 1. The second kappa shape index (κ2) is 7.23. The van der Waals surface area contributed by atoms with Crippen molar-refractivity contribution in [1.29, 1.82) is 0 Å². The first-order valence-corrected chi connectivity index (χ1v) is 8.63. The van der Waals surface area contributed by atoms with Gasteiger partial charge in [-0.3, -0.25) is 14.4 Å². The zero-order valence-electron chi connectivity index (χ0n) is 14.3. The molecule has 1 unspecified atom stereocenters. The van der Waals surface area contributed by atoms with E-state index < -0.39 is 6.10 Å². The smallest absolute Gasteiger partial charge is 0.265 e. The summed E-state index contributed by atoms with van der Waals surface area (Å²) in [6.45, 7) is 3.19. The molecule has 0 aromatic heterocycles. The fourth-order valence-electron chi connectivity index (χ4n) is 3.27. The second-order valence-electron chi connectivity index (χ2n) is 6.52. The predicted octanol–water partition coefficient (Wildman–Crippen LogP) is 1.18. The number of carbonyl (C=O) groups excluding carboxylic acids is 3. The monoisotopic (exact) mass is 345 g/mol. The zero-order valence-corrected chi connectivity index (χ0v) is 14.3. The van der Waals surface area contributed by atoms with Gasteiger partial charge in [-0.05, 0) is 38.0 Å². The highest BCUT2D eigenvalue weighted by Gasteiger charge is 2.29. The van der Waals surface area contributed by atoms with Crippen LogP contribution in [0.25, 0.3) is 0 Å². The summed E-state index contributed by atoms with van der Waals surface area (Å²) < 4.78 is 5.51. The molecular formula is C18H23N3O4. The number of carbonyl (C=O) groups is 3. The third-order valence-electron chi connectivity index (χ3n) is 4.77. The van der Waals surface area contributed by atoms with Gasteiger partial charge >= 0.3 is 0 Å². The van der Waals surface area contributed by atoms with Gasteiger partial charge in [0, 0.05) is 37.5 Å². The van der Waals surface area contributed by atoms with Crippen molar-refractivity contribution in [3.63, 3.8) is 0 Å². The number of nitrogens with one attached hydrogen (secondary N) is 1. The molecule has 134 valence electrons. The highest BCUT2D eigenvalue weighted by Crippen LogP contribution is 2.32. The minimum Gasteiger partial charge on any atom is -0.479 e. The lowest BCUT2D eigenvalue weighted by atomic mass is 9.88. The van der Waals surface area contributed by atoms with E-state index in [4.69, 9.17) is 10.5 Å². The van der Waals surface area contributed by atoms with Crippen molar-refractivity contribution < 1.29 is 19.1 Å². The summed E-state index contributed by atoms with van der Waals surface area (Å²) in [7, 11) is 0. The fourth-order valence-corrected chi connectivity index (χ4v) is 3.27. The lowest BCUT2D eigenvalue weighted by Gasteiger charge is -2.31. The average molecular weight is 345 g/mol. The highest BCUT2D eigenvalue weighted by molar-refractivity contribution is 6.02. The number of nitrogens with zero attached hydrogens (tertiary/aromatic N) is 1. The number of anilines is 1. The van der Waals surface area contributed by atoms with E-state index in [9.17, 15) is 14.4 Å². The molecule has 0 aliphatic carbocycles. The Bertz CT molecular complexity index is 696. The fraction of sp³-hybridized carbons (Fsp3) is 0.500. The number of nitrogens with two attached hydrogens (primary N) is 1.